The average Bonchev–Trinajstić information content (AvgIpc) is 2.80. The molecule has 0 saturated carbocycles. The molecule has 0 bridgehead atoms. The minimum atomic E-state index is -0.808. The van der Waals surface area contributed by atoms with Crippen molar-refractivity contribution in [2.45, 2.75) is 13.0 Å². The first-order valence-electron chi connectivity index (χ1n) is 6.72. The van der Waals surface area contributed by atoms with Crippen molar-refractivity contribution < 1.29 is 9.59 Å². The van der Waals surface area contributed by atoms with Gasteiger partial charge >= 0.3 is 0 Å². The smallest absolute Gasteiger partial charge is 0.274 e. The Kier molecular flexibility index (Phi) is 4.82. The first kappa shape index (κ1) is 16.0. The van der Waals surface area contributed by atoms with E-state index in [-0.39, 0.29) is 16.6 Å². The Morgan fingerprint density at radius 3 is 2.41 bits per heavy atom. The van der Waals surface area contributed by atoms with Gasteiger partial charge in [0.2, 0.25) is 5.91 Å². The fraction of sp³-hybridized carbons (Fsp3) is 0.267. The number of aromatic nitrogens is 2. The molecule has 1 atom stereocenters. The number of likely N-dealkylation sites (N-methyl/N-ethyl adjacent to an activating group) is 1. The summed E-state index contributed by atoms with van der Waals surface area (Å²) in [5, 5.41) is 9.57. The Labute approximate surface area is 133 Å². The van der Waals surface area contributed by atoms with Gasteiger partial charge in [-0.3, -0.25) is 14.3 Å². The third-order valence-corrected chi connectivity index (χ3v) is 3.85. The molecule has 0 saturated heterocycles. The summed E-state index contributed by atoms with van der Waals surface area (Å²) in [6, 6.07) is 8.17. The van der Waals surface area contributed by atoms with Gasteiger partial charge in [-0.2, -0.15) is 5.10 Å². The van der Waals surface area contributed by atoms with Crippen LogP contribution in [0.5, 0.6) is 0 Å². The van der Waals surface area contributed by atoms with E-state index < -0.39 is 11.9 Å². The maximum Gasteiger partial charge on any atom is 0.274 e. The molecule has 2 amide bonds. The number of carbonyl (C=O) groups is 2. The summed E-state index contributed by atoms with van der Waals surface area (Å²) in [6.45, 7) is 1.76. The van der Waals surface area contributed by atoms with Crippen molar-refractivity contribution >= 4 is 23.4 Å². The van der Waals surface area contributed by atoms with Crippen molar-refractivity contribution in [2.24, 2.45) is 7.05 Å². The molecule has 0 radical (unpaired) electrons. The Morgan fingerprint density at radius 2 is 1.91 bits per heavy atom. The molecular formula is C15H17ClN4O2. The van der Waals surface area contributed by atoms with E-state index >= 15 is 0 Å². The highest BCUT2D eigenvalue weighted by Crippen LogP contribution is 2.20. The Bertz CT molecular complexity index is 697. The summed E-state index contributed by atoms with van der Waals surface area (Å²) in [6.07, 6.45) is 0. The maximum absolute atomic E-state index is 12.4. The number of benzene rings is 1. The summed E-state index contributed by atoms with van der Waals surface area (Å²) >= 11 is 6.11. The standard InChI is InChI=1S/C15H17ClN4O2/c1-9-11(16)13(19-20(9)3)15(22)18-12(14(21)17-2)10-7-5-4-6-8-10/h4-8,12H,1-3H3,(H,17,21)(H,18,22). The van der Waals surface area contributed by atoms with Crippen molar-refractivity contribution in [3.63, 3.8) is 0 Å². The van der Waals surface area contributed by atoms with Gasteiger partial charge in [0.1, 0.15) is 6.04 Å². The fourth-order valence-electron chi connectivity index (χ4n) is 2.02. The number of hydrogen-bond acceptors (Lipinski definition) is 3. The van der Waals surface area contributed by atoms with Gasteiger partial charge in [-0.15, -0.1) is 0 Å². The van der Waals surface area contributed by atoms with Crippen molar-refractivity contribution in [1.29, 1.82) is 0 Å². The number of carbonyl (C=O) groups excluding carboxylic acids is 2. The van der Waals surface area contributed by atoms with Crippen molar-refractivity contribution in [3.8, 4) is 0 Å². The second kappa shape index (κ2) is 6.62. The molecule has 1 aromatic heterocycles. The molecular weight excluding hydrogens is 304 g/mol. The lowest BCUT2D eigenvalue weighted by Gasteiger charge is -2.17. The molecule has 0 spiro atoms. The van der Waals surface area contributed by atoms with Gasteiger partial charge in [-0.1, -0.05) is 41.9 Å². The van der Waals surface area contributed by atoms with Crippen LogP contribution in [0.25, 0.3) is 0 Å². The zero-order valence-electron chi connectivity index (χ0n) is 12.6. The lowest BCUT2D eigenvalue weighted by atomic mass is 10.1. The maximum atomic E-state index is 12.4. The van der Waals surface area contributed by atoms with E-state index in [1.807, 2.05) is 6.07 Å². The topological polar surface area (TPSA) is 76.0 Å². The van der Waals surface area contributed by atoms with E-state index in [4.69, 9.17) is 11.6 Å². The van der Waals surface area contributed by atoms with Crippen LogP contribution < -0.4 is 10.6 Å². The molecule has 1 heterocycles. The van der Waals surface area contributed by atoms with Gasteiger partial charge in [0, 0.05) is 14.1 Å². The number of nitrogens with zero attached hydrogens (tertiary/aromatic N) is 2. The summed E-state index contributed by atoms with van der Waals surface area (Å²) < 4.78 is 1.52. The molecule has 2 aromatic rings. The second-order valence-corrected chi connectivity index (χ2v) is 5.18. The van der Waals surface area contributed by atoms with Crippen LogP contribution in [0, 0.1) is 6.92 Å². The highest BCUT2D eigenvalue weighted by molar-refractivity contribution is 6.34. The van der Waals surface area contributed by atoms with Crippen LogP contribution in [-0.2, 0) is 11.8 Å². The monoisotopic (exact) mass is 320 g/mol. The SMILES string of the molecule is CNC(=O)C(NC(=O)c1nn(C)c(C)c1Cl)c1ccccc1. The number of rotatable bonds is 4. The summed E-state index contributed by atoms with van der Waals surface area (Å²) in [5.41, 5.74) is 1.47. The third kappa shape index (κ3) is 3.12. The lowest BCUT2D eigenvalue weighted by Crippen LogP contribution is -2.39. The Hall–Kier alpha value is -2.34. The molecule has 0 aliphatic heterocycles. The summed E-state index contributed by atoms with van der Waals surface area (Å²) in [5.74, 6) is -0.811. The zero-order valence-corrected chi connectivity index (χ0v) is 13.3. The van der Waals surface area contributed by atoms with E-state index in [0.29, 0.717) is 11.3 Å². The van der Waals surface area contributed by atoms with Gasteiger partial charge in [-0.25, -0.2) is 0 Å². The average molecular weight is 321 g/mol. The molecule has 22 heavy (non-hydrogen) atoms. The van der Waals surface area contributed by atoms with Crippen molar-refractivity contribution in [1.82, 2.24) is 20.4 Å². The first-order valence-corrected chi connectivity index (χ1v) is 7.10. The largest absolute Gasteiger partial charge is 0.357 e. The van der Waals surface area contributed by atoms with Crippen LogP contribution >= 0.6 is 11.6 Å². The normalized spacial score (nSPS) is 11.8. The van der Waals surface area contributed by atoms with Crippen molar-refractivity contribution in [2.75, 3.05) is 7.05 Å². The predicted molar refractivity (Wildman–Crippen MR) is 83.7 cm³/mol. The van der Waals surface area contributed by atoms with E-state index in [9.17, 15) is 9.59 Å². The number of amides is 2. The molecule has 6 nitrogen and oxygen atoms in total. The molecule has 0 fully saturated rings. The highest BCUT2D eigenvalue weighted by Gasteiger charge is 2.25. The number of hydrogen-bond donors (Lipinski definition) is 2. The summed E-state index contributed by atoms with van der Waals surface area (Å²) in [4.78, 5) is 24.4. The van der Waals surface area contributed by atoms with E-state index in [1.165, 1.54) is 11.7 Å². The fourth-order valence-corrected chi connectivity index (χ4v) is 2.26. The number of aryl methyl sites for hydroxylation is 1. The Morgan fingerprint density at radius 1 is 1.27 bits per heavy atom. The van der Waals surface area contributed by atoms with Crippen LogP contribution in [-0.4, -0.2) is 28.6 Å². The van der Waals surface area contributed by atoms with Crippen LogP contribution in [0.3, 0.4) is 0 Å². The predicted octanol–water partition coefficient (Wildman–Crippen LogP) is 1.60. The quantitative estimate of drug-likeness (QED) is 0.898. The van der Waals surface area contributed by atoms with Gasteiger partial charge in [0.15, 0.2) is 5.69 Å². The molecule has 1 unspecified atom stereocenters. The molecule has 0 aliphatic rings. The molecule has 116 valence electrons. The number of halogens is 1. The number of nitrogens with one attached hydrogen (secondary N) is 2. The molecule has 2 rings (SSSR count). The highest BCUT2D eigenvalue weighted by atomic mass is 35.5. The van der Waals surface area contributed by atoms with E-state index in [1.54, 1.807) is 38.2 Å². The van der Waals surface area contributed by atoms with Gasteiger partial charge in [0.25, 0.3) is 5.91 Å². The molecule has 7 heteroatoms. The Balaban J connectivity index is 2.29. The summed E-state index contributed by atoms with van der Waals surface area (Å²) in [7, 11) is 3.22. The van der Waals surface area contributed by atoms with Crippen LogP contribution in [0.2, 0.25) is 5.02 Å². The second-order valence-electron chi connectivity index (χ2n) is 4.80. The van der Waals surface area contributed by atoms with Crippen molar-refractivity contribution in [3.05, 3.63) is 52.3 Å². The van der Waals surface area contributed by atoms with Crippen LogP contribution in [0.15, 0.2) is 30.3 Å². The minimum absolute atomic E-state index is 0.103. The van der Waals surface area contributed by atoms with Crippen LogP contribution in [0.4, 0.5) is 0 Å². The van der Waals surface area contributed by atoms with Gasteiger partial charge in [-0.05, 0) is 12.5 Å². The van der Waals surface area contributed by atoms with Gasteiger partial charge in [0.05, 0.1) is 10.7 Å². The van der Waals surface area contributed by atoms with Crippen LogP contribution in [0.1, 0.15) is 27.8 Å². The molecule has 2 N–H and O–H groups in total. The molecule has 0 aliphatic carbocycles. The van der Waals surface area contributed by atoms with E-state index in [2.05, 4.69) is 15.7 Å². The third-order valence-electron chi connectivity index (χ3n) is 3.39. The first-order chi connectivity index (χ1) is 10.5. The van der Waals surface area contributed by atoms with Gasteiger partial charge < -0.3 is 10.6 Å². The lowest BCUT2D eigenvalue weighted by molar-refractivity contribution is -0.122. The zero-order chi connectivity index (χ0) is 16.3. The molecule has 1 aromatic carbocycles. The minimum Gasteiger partial charge on any atom is -0.357 e. The van der Waals surface area contributed by atoms with E-state index in [0.717, 1.165) is 0 Å².